The quantitative estimate of drug-likeness (QED) is 0.927. The number of aromatic nitrogens is 2. The van der Waals surface area contributed by atoms with Crippen molar-refractivity contribution in [3.63, 3.8) is 0 Å². The minimum Gasteiger partial charge on any atom is -0.304 e. The van der Waals surface area contributed by atoms with Crippen molar-refractivity contribution in [3.8, 4) is 0 Å². The molecule has 1 aromatic carbocycles. The van der Waals surface area contributed by atoms with Gasteiger partial charge in [-0.2, -0.15) is 0 Å². The van der Waals surface area contributed by atoms with Crippen LogP contribution in [-0.4, -0.2) is 10.2 Å². The fraction of sp³-hybridized carbons (Fsp3) is 0.333. The van der Waals surface area contributed by atoms with E-state index in [4.69, 9.17) is 23.2 Å². The van der Waals surface area contributed by atoms with Crippen molar-refractivity contribution in [2.45, 2.75) is 26.4 Å². The van der Waals surface area contributed by atoms with Crippen molar-refractivity contribution in [1.82, 2.24) is 15.5 Å². The number of hydrogen-bond acceptors (Lipinski definition) is 4. The molecule has 3 nitrogen and oxygen atoms in total. The third-order valence-corrected chi connectivity index (χ3v) is 4.15. The van der Waals surface area contributed by atoms with Gasteiger partial charge in [0.15, 0.2) is 0 Å². The van der Waals surface area contributed by atoms with E-state index in [-0.39, 0.29) is 6.04 Å². The molecule has 6 heteroatoms. The number of hydrogen-bond donors (Lipinski definition) is 1. The third-order valence-electron chi connectivity index (χ3n) is 2.57. The molecule has 0 radical (unpaired) electrons. The van der Waals surface area contributed by atoms with Crippen LogP contribution in [0.2, 0.25) is 10.0 Å². The molecule has 0 saturated heterocycles. The second kappa shape index (κ2) is 5.97. The highest BCUT2D eigenvalue weighted by Crippen LogP contribution is 2.25. The van der Waals surface area contributed by atoms with Gasteiger partial charge in [-0.15, -0.1) is 21.5 Å². The topological polar surface area (TPSA) is 37.8 Å². The molecule has 0 aliphatic heterocycles. The summed E-state index contributed by atoms with van der Waals surface area (Å²) >= 11 is 13.5. The van der Waals surface area contributed by atoms with E-state index < -0.39 is 0 Å². The highest BCUT2D eigenvalue weighted by molar-refractivity contribution is 7.11. The number of halogens is 2. The van der Waals surface area contributed by atoms with Crippen molar-refractivity contribution in [1.29, 1.82) is 0 Å². The molecule has 1 N–H and O–H groups in total. The molecular formula is C12H13Cl2N3S. The van der Waals surface area contributed by atoms with E-state index in [1.54, 1.807) is 11.3 Å². The Kier molecular flexibility index (Phi) is 4.56. The molecule has 0 unspecified atom stereocenters. The Balaban J connectivity index is 1.99. The minimum absolute atomic E-state index is 0.184. The first kappa shape index (κ1) is 13.7. The molecule has 96 valence electrons. The first-order valence-corrected chi connectivity index (χ1v) is 7.11. The lowest BCUT2D eigenvalue weighted by atomic mass is 10.1. The normalized spacial score (nSPS) is 12.7. The summed E-state index contributed by atoms with van der Waals surface area (Å²) in [5, 5.41) is 14.6. The van der Waals surface area contributed by atoms with Crippen molar-refractivity contribution >= 4 is 34.5 Å². The molecule has 0 aliphatic carbocycles. The SMILES string of the molecule is Cc1nnc(CN[C@@H](C)c2ccc(Cl)c(Cl)c2)s1. The van der Waals surface area contributed by atoms with E-state index in [2.05, 4.69) is 22.4 Å². The molecule has 18 heavy (non-hydrogen) atoms. The molecule has 2 rings (SSSR count). The number of nitrogens with one attached hydrogen (secondary N) is 1. The second-order valence-corrected chi connectivity index (χ2v) is 6.07. The molecule has 0 amide bonds. The highest BCUT2D eigenvalue weighted by Gasteiger charge is 2.08. The maximum absolute atomic E-state index is 6.00. The summed E-state index contributed by atoms with van der Waals surface area (Å²) in [5.74, 6) is 0. The van der Waals surface area contributed by atoms with Crippen LogP contribution in [0.1, 0.15) is 28.5 Å². The standard InChI is InChI=1S/C12H13Cl2N3S/c1-7(9-3-4-10(13)11(14)5-9)15-6-12-17-16-8(2)18-12/h3-5,7,15H,6H2,1-2H3/t7-/m0/s1. The summed E-state index contributed by atoms with van der Waals surface area (Å²) in [7, 11) is 0. The molecule has 0 spiro atoms. The van der Waals surface area contributed by atoms with Gasteiger partial charge in [-0.1, -0.05) is 29.3 Å². The summed E-state index contributed by atoms with van der Waals surface area (Å²) < 4.78 is 0. The van der Waals surface area contributed by atoms with Crippen LogP contribution in [0.4, 0.5) is 0 Å². The van der Waals surface area contributed by atoms with Crippen molar-refractivity contribution in [3.05, 3.63) is 43.8 Å². The van der Waals surface area contributed by atoms with Gasteiger partial charge >= 0.3 is 0 Å². The summed E-state index contributed by atoms with van der Waals surface area (Å²) in [6, 6.07) is 5.85. The first-order valence-electron chi connectivity index (χ1n) is 5.53. The van der Waals surface area contributed by atoms with Gasteiger partial charge in [-0.25, -0.2) is 0 Å². The van der Waals surface area contributed by atoms with Gasteiger partial charge in [-0.3, -0.25) is 0 Å². The van der Waals surface area contributed by atoms with Gasteiger partial charge in [0.25, 0.3) is 0 Å². The molecule has 1 aromatic heterocycles. The first-order chi connectivity index (χ1) is 8.56. The number of rotatable bonds is 4. The number of aryl methyl sites for hydroxylation is 1. The predicted molar refractivity (Wildman–Crippen MR) is 76.4 cm³/mol. The van der Waals surface area contributed by atoms with Crippen LogP contribution >= 0.6 is 34.5 Å². The zero-order chi connectivity index (χ0) is 13.1. The lowest BCUT2D eigenvalue weighted by Crippen LogP contribution is -2.17. The Morgan fingerprint density at radius 3 is 2.67 bits per heavy atom. The van der Waals surface area contributed by atoms with Crippen LogP contribution < -0.4 is 5.32 Å². The molecule has 1 atom stereocenters. The van der Waals surface area contributed by atoms with E-state index in [1.165, 1.54) is 0 Å². The summed E-state index contributed by atoms with van der Waals surface area (Å²) in [5.41, 5.74) is 1.10. The van der Waals surface area contributed by atoms with Crippen molar-refractivity contribution < 1.29 is 0 Å². The Morgan fingerprint density at radius 2 is 2.06 bits per heavy atom. The third kappa shape index (κ3) is 3.42. The van der Waals surface area contributed by atoms with Crippen LogP contribution in [0.5, 0.6) is 0 Å². The molecule has 1 heterocycles. The molecule has 0 bridgehead atoms. The van der Waals surface area contributed by atoms with Crippen molar-refractivity contribution in [2.24, 2.45) is 0 Å². The largest absolute Gasteiger partial charge is 0.304 e. The molecule has 0 saturated carbocycles. The van der Waals surface area contributed by atoms with Crippen LogP contribution in [0.15, 0.2) is 18.2 Å². The minimum atomic E-state index is 0.184. The monoisotopic (exact) mass is 301 g/mol. The highest BCUT2D eigenvalue weighted by atomic mass is 35.5. The maximum Gasteiger partial charge on any atom is 0.131 e. The average molecular weight is 302 g/mol. The maximum atomic E-state index is 6.00. The zero-order valence-corrected chi connectivity index (χ0v) is 12.4. The van der Waals surface area contributed by atoms with Gasteiger partial charge < -0.3 is 5.32 Å². The van der Waals surface area contributed by atoms with E-state index in [1.807, 2.05) is 25.1 Å². The van der Waals surface area contributed by atoms with Crippen LogP contribution in [0.25, 0.3) is 0 Å². The van der Waals surface area contributed by atoms with Gasteiger partial charge in [0, 0.05) is 6.04 Å². The Morgan fingerprint density at radius 1 is 1.28 bits per heavy atom. The van der Waals surface area contributed by atoms with Crippen LogP contribution in [0, 0.1) is 6.92 Å². The summed E-state index contributed by atoms with van der Waals surface area (Å²) in [4.78, 5) is 0. The second-order valence-electron chi connectivity index (χ2n) is 3.99. The van der Waals surface area contributed by atoms with Gasteiger partial charge in [-0.05, 0) is 31.5 Å². The van der Waals surface area contributed by atoms with Crippen LogP contribution in [-0.2, 0) is 6.54 Å². The lowest BCUT2D eigenvalue weighted by molar-refractivity contribution is 0.571. The predicted octanol–water partition coefficient (Wildman–Crippen LogP) is 4.00. The Bertz CT molecular complexity index is 542. The Hall–Kier alpha value is -0.680. The summed E-state index contributed by atoms with van der Waals surface area (Å²) in [6.45, 7) is 4.73. The number of benzene rings is 1. The van der Waals surface area contributed by atoms with E-state index in [0.717, 1.165) is 15.6 Å². The molecular weight excluding hydrogens is 289 g/mol. The average Bonchev–Trinajstić information content (AvgIpc) is 2.75. The van der Waals surface area contributed by atoms with Gasteiger partial charge in [0.2, 0.25) is 0 Å². The van der Waals surface area contributed by atoms with E-state index in [9.17, 15) is 0 Å². The smallest absolute Gasteiger partial charge is 0.131 e. The molecule has 2 aromatic rings. The number of nitrogens with zero attached hydrogens (tertiary/aromatic N) is 2. The van der Waals surface area contributed by atoms with E-state index >= 15 is 0 Å². The fourth-order valence-electron chi connectivity index (χ4n) is 1.55. The van der Waals surface area contributed by atoms with Gasteiger partial charge in [0.05, 0.1) is 16.6 Å². The molecule has 0 aliphatic rings. The Labute approximate surface area is 120 Å². The van der Waals surface area contributed by atoms with Crippen LogP contribution in [0.3, 0.4) is 0 Å². The van der Waals surface area contributed by atoms with Gasteiger partial charge in [0.1, 0.15) is 10.0 Å². The molecule has 0 fully saturated rings. The van der Waals surface area contributed by atoms with Crippen molar-refractivity contribution in [2.75, 3.05) is 0 Å². The lowest BCUT2D eigenvalue weighted by Gasteiger charge is -2.13. The van der Waals surface area contributed by atoms with E-state index in [0.29, 0.717) is 16.6 Å². The summed E-state index contributed by atoms with van der Waals surface area (Å²) in [6.07, 6.45) is 0. The fourth-order valence-corrected chi connectivity index (χ4v) is 2.52. The zero-order valence-electron chi connectivity index (χ0n) is 10.1.